The molecule has 2 amide bonds. The van der Waals surface area contributed by atoms with Crippen molar-refractivity contribution in [3.05, 3.63) is 11.3 Å². The highest BCUT2D eigenvalue weighted by Crippen LogP contribution is 2.24. The average molecular weight is 229 g/mol. The molecule has 2 N–H and O–H groups in total. The Kier molecular flexibility index (Phi) is 3.62. The quantitative estimate of drug-likeness (QED) is 0.741. The largest absolute Gasteiger partial charge is 0.465 e. The van der Waals surface area contributed by atoms with Gasteiger partial charge in [-0.15, -0.1) is 0 Å². The first-order valence-electron chi connectivity index (χ1n) is 4.13. The maximum absolute atomic E-state index is 11.4. The Bertz CT molecular complexity index is 388. The van der Waals surface area contributed by atoms with Crippen LogP contribution in [0.2, 0.25) is 0 Å². The fourth-order valence-corrected chi connectivity index (χ4v) is 1.74. The molecule has 1 heterocycles. The number of esters is 1. The van der Waals surface area contributed by atoms with Crippen molar-refractivity contribution in [2.24, 2.45) is 0 Å². The number of carbonyl (C=O) groups is 2. The fourth-order valence-electron chi connectivity index (χ4n) is 0.963. The minimum Gasteiger partial charge on any atom is -0.465 e. The van der Waals surface area contributed by atoms with Gasteiger partial charge in [0, 0.05) is 7.05 Å². The maximum Gasteiger partial charge on any atom is 0.342 e. The lowest BCUT2D eigenvalue weighted by atomic mass is 10.2. The van der Waals surface area contributed by atoms with E-state index in [1.54, 1.807) is 6.92 Å². The highest BCUT2D eigenvalue weighted by atomic mass is 32.1. The molecule has 1 rings (SSSR count). The number of nitrogens with one attached hydrogen (secondary N) is 2. The molecule has 0 aliphatic heterocycles. The molecule has 82 valence electrons. The van der Waals surface area contributed by atoms with Crippen LogP contribution in [-0.4, -0.2) is 30.5 Å². The lowest BCUT2D eigenvalue weighted by molar-refractivity contribution is 0.0601. The highest BCUT2D eigenvalue weighted by Gasteiger charge is 2.19. The Labute approximate surface area is 90.8 Å². The summed E-state index contributed by atoms with van der Waals surface area (Å²) in [4.78, 5) is 22.4. The summed E-state index contributed by atoms with van der Waals surface area (Å²) >= 11 is 1.04. The van der Waals surface area contributed by atoms with Crippen LogP contribution in [0, 0.1) is 6.92 Å². The van der Waals surface area contributed by atoms with Crippen molar-refractivity contribution in [3.8, 4) is 0 Å². The Morgan fingerprint density at radius 3 is 2.67 bits per heavy atom. The van der Waals surface area contributed by atoms with Gasteiger partial charge in [0.25, 0.3) is 0 Å². The third-order valence-corrected chi connectivity index (χ3v) is 2.56. The van der Waals surface area contributed by atoms with Gasteiger partial charge in [-0.05, 0) is 18.5 Å². The molecule has 7 heteroatoms. The van der Waals surface area contributed by atoms with Crippen LogP contribution in [0.25, 0.3) is 0 Å². The number of urea groups is 1. The molecule has 0 atom stereocenters. The van der Waals surface area contributed by atoms with E-state index in [9.17, 15) is 9.59 Å². The third-order valence-electron chi connectivity index (χ3n) is 1.71. The number of aryl methyl sites for hydroxylation is 1. The van der Waals surface area contributed by atoms with E-state index in [1.165, 1.54) is 14.2 Å². The first-order chi connectivity index (χ1) is 7.10. The second-order valence-corrected chi connectivity index (χ2v) is 3.44. The molecule has 0 bridgehead atoms. The molecule has 0 aliphatic carbocycles. The summed E-state index contributed by atoms with van der Waals surface area (Å²) < 4.78 is 8.56. The van der Waals surface area contributed by atoms with Crippen LogP contribution in [0.4, 0.5) is 9.80 Å². The van der Waals surface area contributed by atoms with Gasteiger partial charge in [0.1, 0.15) is 10.6 Å². The Morgan fingerprint density at radius 2 is 2.13 bits per heavy atom. The summed E-state index contributed by atoms with van der Waals surface area (Å²) in [5.74, 6) is -0.507. The van der Waals surface area contributed by atoms with Crippen LogP contribution in [0.1, 0.15) is 16.1 Å². The molecule has 0 aromatic carbocycles. The van der Waals surface area contributed by atoms with E-state index in [-0.39, 0.29) is 0 Å². The van der Waals surface area contributed by atoms with Crippen LogP contribution >= 0.6 is 11.5 Å². The number of carbonyl (C=O) groups excluding carboxylic acids is 2. The molecular weight excluding hydrogens is 218 g/mol. The maximum atomic E-state index is 11.4. The van der Waals surface area contributed by atoms with Gasteiger partial charge in [-0.3, -0.25) is 5.32 Å². The first kappa shape index (κ1) is 11.4. The van der Waals surface area contributed by atoms with E-state index in [2.05, 4.69) is 19.7 Å². The van der Waals surface area contributed by atoms with Crippen LogP contribution in [-0.2, 0) is 4.74 Å². The smallest absolute Gasteiger partial charge is 0.342 e. The SMILES string of the molecule is CNC(=O)Nc1snc(C)c1C(=O)OC. The lowest BCUT2D eigenvalue weighted by Gasteiger charge is -2.03. The molecule has 0 unspecified atom stereocenters. The molecule has 0 radical (unpaired) electrons. The van der Waals surface area contributed by atoms with Crippen LogP contribution in [0.5, 0.6) is 0 Å². The minimum atomic E-state index is -0.507. The van der Waals surface area contributed by atoms with Crippen molar-refractivity contribution in [3.63, 3.8) is 0 Å². The van der Waals surface area contributed by atoms with E-state index >= 15 is 0 Å². The van der Waals surface area contributed by atoms with Crippen molar-refractivity contribution in [1.29, 1.82) is 0 Å². The highest BCUT2D eigenvalue weighted by molar-refractivity contribution is 7.11. The zero-order valence-electron chi connectivity index (χ0n) is 8.58. The Hall–Kier alpha value is -1.63. The molecule has 0 fully saturated rings. The van der Waals surface area contributed by atoms with E-state index < -0.39 is 12.0 Å². The van der Waals surface area contributed by atoms with Gasteiger partial charge in [-0.1, -0.05) is 0 Å². The predicted molar refractivity (Wildman–Crippen MR) is 56.3 cm³/mol. The van der Waals surface area contributed by atoms with Crippen molar-refractivity contribution < 1.29 is 14.3 Å². The zero-order valence-corrected chi connectivity index (χ0v) is 9.40. The van der Waals surface area contributed by atoms with Gasteiger partial charge in [0.2, 0.25) is 0 Å². The molecule has 6 nitrogen and oxygen atoms in total. The monoisotopic (exact) mass is 229 g/mol. The molecule has 1 aromatic rings. The van der Waals surface area contributed by atoms with Crippen molar-refractivity contribution in [2.75, 3.05) is 19.5 Å². The van der Waals surface area contributed by atoms with Crippen LogP contribution in [0.15, 0.2) is 0 Å². The average Bonchev–Trinajstić information content (AvgIpc) is 2.58. The minimum absolute atomic E-state index is 0.297. The lowest BCUT2D eigenvalue weighted by Crippen LogP contribution is -2.25. The number of aromatic nitrogens is 1. The third kappa shape index (κ3) is 2.44. The number of amides is 2. The number of hydrogen-bond donors (Lipinski definition) is 2. The first-order valence-corrected chi connectivity index (χ1v) is 4.90. The second kappa shape index (κ2) is 4.74. The normalized spacial score (nSPS) is 9.53. The van der Waals surface area contributed by atoms with Gasteiger partial charge in [-0.2, -0.15) is 4.37 Å². The molecular formula is C8H11N3O3S. The molecule has 1 aromatic heterocycles. The van der Waals surface area contributed by atoms with Gasteiger partial charge in [-0.25, -0.2) is 9.59 Å². The molecule has 0 aliphatic rings. The summed E-state index contributed by atoms with van der Waals surface area (Å²) in [5, 5.41) is 5.27. The molecule has 0 saturated heterocycles. The number of ether oxygens (including phenoxy) is 1. The van der Waals surface area contributed by atoms with Gasteiger partial charge >= 0.3 is 12.0 Å². The number of anilines is 1. The number of rotatable bonds is 2. The van der Waals surface area contributed by atoms with Crippen molar-refractivity contribution in [2.45, 2.75) is 6.92 Å². The Morgan fingerprint density at radius 1 is 1.47 bits per heavy atom. The standard InChI is InChI=1S/C8H11N3O3S/c1-4-5(7(12)14-3)6(15-11-4)10-8(13)9-2/h1-3H3,(H2,9,10,13). The van der Waals surface area contributed by atoms with E-state index in [4.69, 9.17) is 0 Å². The summed E-state index contributed by atoms with van der Waals surface area (Å²) in [6.07, 6.45) is 0. The van der Waals surface area contributed by atoms with E-state index in [1.807, 2.05) is 0 Å². The summed E-state index contributed by atoms with van der Waals surface area (Å²) in [6.45, 7) is 1.68. The number of nitrogens with zero attached hydrogens (tertiary/aromatic N) is 1. The summed E-state index contributed by atoms with van der Waals surface area (Å²) in [7, 11) is 2.77. The second-order valence-electron chi connectivity index (χ2n) is 2.67. The fraction of sp³-hybridized carbons (Fsp3) is 0.375. The summed E-state index contributed by atoms with van der Waals surface area (Å²) in [5.41, 5.74) is 0.837. The van der Waals surface area contributed by atoms with Gasteiger partial charge in [0.05, 0.1) is 12.8 Å². The topological polar surface area (TPSA) is 80.3 Å². The predicted octanol–water partition coefficient (Wildman–Crippen LogP) is 0.989. The van der Waals surface area contributed by atoms with E-state index in [0.717, 1.165) is 11.5 Å². The van der Waals surface area contributed by atoms with Crippen LogP contribution in [0.3, 0.4) is 0 Å². The van der Waals surface area contributed by atoms with Gasteiger partial charge < -0.3 is 10.1 Å². The van der Waals surface area contributed by atoms with Crippen molar-refractivity contribution in [1.82, 2.24) is 9.69 Å². The van der Waals surface area contributed by atoms with E-state index in [0.29, 0.717) is 16.3 Å². The Balaban J connectivity index is 2.98. The zero-order chi connectivity index (χ0) is 11.4. The van der Waals surface area contributed by atoms with Crippen molar-refractivity contribution >= 4 is 28.5 Å². The summed E-state index contributed by atoms with van der Waals surface area (Å²) in [6, 6.07) is -0.399. The van der Waals surface area contributed by atoms with Gasteiger partial charge in [0.15, 0.2) is 0 Å². The number of methoxy groups -OCH3 is 1. The molecule has 15 heavy (non-hydrogen) atoms. The molecule has 0 spiro atoms. The number of hydrogen-bond acceptors (Lipinski definition) is 5. The molecule has 0 saturated carbocycles. The van der Waals surface area contributed by atoms with Crippen LogP contribution < -0.4 is 10.6 Å².